The first-order valence-electron chi connectivity index (χ1n) is 9.39. The van der Waals surface area contributed by atoms with Crippen molar-refractivity contribution in [2.75, 3.05) is 46.4 Å². The Hall–Kier alpha value is -1.75. The minimum Gasteiger partial charge on any atom is -0.493 e. The van der Waals surface area contributed by atoms with E-state index in [1.54, 1.807) is 7.11 Å². The van der Waals surface area contributed by atoms with Crippen LogP contribution in [0.15, 0.2) is 18.2 Å². The van der Waals surface area contributed by atoms with Crippen LogP contribution in [-0.4, -0.2) is 62.1 Å². The number of hydrogen-bond acceptors (Lipinski definition) is 4. The van der Waals surface area contributed by atoms with Gasteiger partial charge in [-0.1, -0.05) is 33.3 Å². The van der Waals surface area contributed by atoms with Gasteiger partial charge in [-0.15, -0.1) is 0 Å². The number of likely N-dealkylation sites (N-methyl/N-ethyl adjacent to an activating group) is 2. The molecule has 0 aliphatic carbocycles. The number of carbonyl (C=O) groups excluding carboxylic acids is 1. The average Bonchev–Trinajstić information content (AvgIpc) is 2.64. The van der Waals surface area contributed by atoms with Crippen LogP contribution in [0.1, 0.15) is 39.7 Å². The summed E-state index contributed by atoms with van der Waals surface area (Å²) >= 11 is 0. The lowest BCUT2D eigenvalue weighted by atomic mass is 10.1. The molecule has 1 aromatic carbocycles. The predicted octanol–water partition coefficient (Wildman–Crippen LogP) is 3.22. The Morgan fingerprint density at radius 1 is 1.00 bits per heavy atom. The molecule has 0 fully saturated rings. The topological polar surface area (TPSA) is 42.0 Å². The number of carbonyl (C=O) groups is 1. The van der Waals surface area contributed by atoms with Crippen LogP contribution in [-0.2, 0) is 11.2 Å². The van der Waals surface area contributed by atoms with Crippen LogP contribution in [0, 0.1) is 0 Å². The van der Waals surface area contributed by atoms with Crippen LogP contribution in [0.3, 0.4) is 0 Å². The maximum atomic E-state index is 12.4. The smallest absolute Gasteiger partial charge is 0.260 e. The third kappa shape index (κ3) is 6.94. The van der Waals surface area contributed by atoms with E-state index in [1.807, 2.05) is 30.0 Å². The van der Waals surface area contributed by atoms with E-state index in [2.05, 4.69) is 25.7 Å². The summed E-state index contributed by atoms with van der Waals surface area (Å²) in [4.78, 5) is 16.6. The molecule has 0 heterocycles. The van der Waals surface area contributed by atoms with Crippen molar-refractivity contribution in [3.05, 3.63) is 23.8 Å². The van der Waals surface area contributed by atoms with Crippen molar-refractivity contribution < 1.29 is 14.3 Å². The fraction of sp³-hybridized carbons (Fsp3) is 0.650. The normalized spacial score (nSPS) is 10.8. The lowest BCUT2D eigenvalue weighted by Crippen LogP contribution is -2.40. The van der Waals surface area contributed by atoms with Gasteiger partial charge < -0.3 is 19.3 Å². The van der Waals surface area contributed by atoms with E-state index in [0.29, 0.717) is 18.0 Å². The maximum Gasteiger partial charge on any atom is 0.260 e. The van der Waals surface area contributed by atoms with Gasteiger partial charge in [-0.05, 0) is 44.1 Å². The van der Waals surface area contributed by atoms with Crippen LogP contribution < -0.4 is 9.47 Å². The second-order valence-corrected chi connectivity index (χ2v) is 6.02. The van der Waals surface area contributed by atoms with Gasteiger partial charge in [-0.3, -0.25) is 4.79 Å². The minimum atomic E-state index is 0.00865. The molecule has 0 bridgehead atoms. The summed E-state index contributed by atoms with van der Waals surface area (Å²) in [6, 6.07) is 5.91. The van der Waals surface area contributed by atoms with Crippen molar-refractivity contribution in [3.63, 3.8) is 0 Å². The highest BCUT2D eigenvalue weighted by Crippen LogP contribution is 2.28. The zero-order chi connectivity index (χ0) is 18.7. The number of nitrogens with zero attached hydrogens (tertiary/aromatic N) is 2. The van der Waals surface area contributed by atoms with E-state index < -0.39 is 0 Å². The largest absolute Gasteiger partial charge is 0.493 e. The highest BCUT2D eigenvalue weighted by molar-refractivity contribution is 5.77. The Labute approximate surface area is 152 Å². The van der Waals surface area contributed by atoms with Crippen LogP contribution in [0.25, 0.3) is 0 Å². The molecule has 1 rings (SSSR count). The summed E-state index contributed by atoms with van der Waals surface area (Å²) in [5.74, 6) is 1.31. The van der Waals surface area contributed by atoms with E-state index in [0.717, 1.165) is 39.0 Å². The fourth-order valence-electron chi connectivity index (χ4n) is 2.77. The molecular weight excluding hydrogens is 316 g/mol. The van der Waals surface area contributed by atoms with Crippen molar-refractivity contribution in [1.29, 1.82) is 0 Å². The first kappa shape index (κ1) is 21.3. The van der Waals surface area contributed by atoms with E-state index >= 15 is 0 Å². The molecule has 0 radical (unpaired) electrons. The first-order chi connectivity index (χ1) is 12.1. The van der Waals surface area contributed by atoms with E-state index in [1.165, 1.54) is 5.56 Å². The average molecular weight is 351 g/mol. The second-order valence-electron chi connectivity index (χ2n) is 6.02. The van der Waals surface area contributed by atoms with Gasteiger partial charge in [0.1, 0.15) is 0 Å². The van der Waals surface area contributed by atoms with Crippen LogP contribution in [0.2, 0.25) is 0 Å². The van der Waals surface area contributed by atoms with Crippen molar-refractivity contribution in [1.82, 2.24) is 9.80 Å². The SMILES string of the molecule is CCCc1ccc(OCC(=O)N(CC)CCN(CC)CC)c(OC)c1. The van der Waals surface area contributed by atoms with Crippen molar-refractivity contribution in [2.24, 2.45) is 0 Å². The number of aryl methyl sites for hydroxylation is 1. The Morgan fingerprint density at radius 2 is 1.72 bits per heavy atom. The van der Waals surface area contributed by atoms with Gasteiger partial charge in [0, 0.05) is 19.6 Å². The summed E-state index contributed by atoms with van der Waals surface area (Å²) in [6.45, 7) is 12.8. The first-order valence-corrected chi connectivity index (χ1v) is 9.39. The molecule has 0 saturated carbocycles. The third-order valence-corrected chi connectivity index (χ3v) is 4.43. The standard InChI is InChI=1S/C20H34N2O3/c1-6-10-17-11-12-18(19(15-17)24-5)25-16-20(23)22(9-4)14-13-21(7-2)8-3/h11-12,15H,6-10,13-14,16H2,1-5H3. The van der Waals surface area contributed by atoms with Crippen LogP contribution in [0.5, 0.6) is 11.5 Å². The van der Waals surface area contributed by atoms with Crippen molar-refractivity contribution >= 4 is 5.91 Å². The number of rotatable bonds is 12. The molecule has 1 aromatic rings. The molecule has 0 unspecified atom stereocenters. The summed E-state index contributed by atoms with van der Waals surface area (Å²) in [6.07, 6.45) is 2.09. The summed E-state index contributed by atoms with van der Waals surface area (Å²) in [7, 11) is 1.63. The van der Waals surface area contributed by atoms with Crippen molar-refractivity contribution in [3.8, 4) is 11.5 Å². The predicted molar refractivity (Wildman–Crippen MR) is 103 cm³/mol. The van der Waals surface area contributed by atoms with Gasteiger partial charge >= 0.3 is 0 Å². The molecule has 0 aliphatic heterocycles. The van der Waals surface area contributed by atoms with E-state index in [-0.39, 0.29) is 12.5 Å². The zero-order valence-electron chi connectivity index (χ0n) is 16.5. The molecular formula is C20H34N2O3. The highest BCUT2D eigenvalue weighted by atomic mass is 16.5. The lowest BCUT2D eigenvalue weighted by molar-refractivity contribution is -0.133. The quantitative estimate of drug-likeness (QED) is 0.580. The fourth-order valence-corrected chi connectivity index (χ4v) is 2.77. The molecule has 0 aliphatic rings. The Balaban J connectivity index is 2.61. The van der Waals surface area contributed by atoms with Gasteiger partial charge in [0.05, 0.1) is 7.11 Å². The van der Waals surface area contributed by atoms with Gasteiger partial charge in [-0.25, -0.2) is 0 Å². The Bertz CT molecular complexity index is 516. The van der Waals surface area contributed by atoms with Crippen molar-refractivity contribution in [2.45, 2.75) is 40.5 Å². The maximum absolute atomic E-state index is 12.4. The molecule has 0 spiro atoms. The molecule has 0 aromatic heterocycles. The van der Waals surface area contributed by atoms with E-state index in [4.69, 9.17) is 9.47 Å². The molecule has 1 amide bonds. The lowest BCUT2D eigenvalue weighted by Gasteiger charge is -2.25. The van der Waals surface area contributed by atoms with Crippen LogP contribution >= 0.6 is 0 Å². The van der Waals surface area contributed by atoms with E-state index in [9.17, 15) is 4.79 Å². The second kappa shape index (κ2) is 11.7. The third-order valence-electron chi connectivity index (χ3n) is 4.43. The molecule has 0 atom stereocenters. The Morgan fingerprint density at radius 3 is 2.28 bits per heavy atom. The zero-order valence-corrected chi connectivity index (χ0v) is 16.5. The summed E-state index contributed by atoms with van der Waals surface area (Å²) < 4.78 is 11.1. The van der Waals surface area contributed by atoms with Gasteiger partial charge in [-0.2, -0.15) is 0 Å². The number of hydrogen-bond donors (Lipinski definition) is 0. The molecule has 5 heteroatoms. The molecule has 5 nitrogen and oxygen atoms in total. The van der Waals surface area contributed by atoms with Gasteiger partial charge in [0.2, 0.25) is 0 Å². The molecule has 0 saturated heterocycles. The minimum absolute atomic E-state index is 0.00865. The summed E-state index contributed by atoms with van der Waals surface area (Å²) in [5, 5.41) is 0. The molecule has 142 valence electrons. The number of benzene rings is 1. The number of methoxy groups -OCH3 is 1. The Kier molecular flexibility index (Phi) is 10.0. The molecule has 0 N–H and O–H groups in total. The highest BCUT2D eigenvalue weighted by Gasteiger charge is 2.15. The number of ether oxygens (including phenoxy) is 2. The molecule has 25 heavy (non-hydrogen) atoms. The van der Waals surface area contributed by atoms with Crippen LogP contribution in [0.4, 0.5) is 0 Å². The monoisotopic (exact) mass is 350 g/mol. The number of amides is 1. The summed E-state index contributed by atoms with van der Waals surface area (Å²) in [5.41, 5.74) is 1.22. The van der Waals surface area contributed by atoms with Gasteiger partial charge in [0.15, 0.2) is 18.1 Å². The van der Waals surface area contributed by atoms with Gasteiger partial charge in [0.25, 0.3) is 5.91 Å².